The van der Waals surface area contributed by atoms with Crippen molar-refractivity contribution in [3.8, 4) is 0 Å². The second-order valence-corrected chi connectivity index (χ2v) is 5.58. The minimum absolute atomic E-state index is 0.143. The van der Waals surface area contributed by atoms with Gasteiger partial charge in [0.25, 0.3) is 5.56 Å². The van der Waals surface area contributed by atoms with Crippen LogP contribution in [-0.2, 0) is 16.0 Å². The summed E-state index contributed by atoms with van der Waals surface area (Å²) in [6.07, 6.45) is 1.64. The zero-order valence-corrected chi connectivity index (χ0v) is 12.2. The number of aromatic nitrogens is 2. The van der Waals surface area contributed by atoms with Crippen molar-refractivity contribution in [3.05, 3.63) is 27.4 Å². The van der Waals surface area contributed by atoms with Crippen LogP contribution in [0.5, 0.6) is 0 Å². The molecule has 1 saturated carbocycles. The number of H-pyrrole nitrogens is 1. The van der Waals surface area contributed by atoms with Gasteiger partial charge in [-0.25, -0.2) is 4.98 Å². The highest BCUT2D eigenvalue weighted by Crippen LogP contribution is 2.45. The molecular weight excluding hydrogens is 274 g/mol. The lowest BCUT2D eigenvalue weighted by atomic mass is 10.1. The summed E-state index contributed by atoms with van der Waals surface area (Å²) in [5.74, 6) is -0.567. The Morgan fingerprint density at radius 2 is 2.05 bits per heavy atom. The Morgan fingerprint density at radius 3 is 2.57 bits per heavy atom. The fraction of sp³-hybridized carbons (Fsp3) is 0.571. The Bertz CT molecular complexity index is 632. The van der Waals surface area contributed by atoms with E-state index in [0.717, 1.165) is 0 Å². The highest BCUT2D eigenvalue weighted by atomic mass is 16.4. The number of carboxylic acid groups (broad SMARTS) is 1. The summed E-state index contributed by atoms with van der Waals surface area (Å²) >= 11 is 0. The lowest BCUT2D eigenvalue weighted by Gasteiger charge is -2.11. The second-order valence-electron chi connectivity index (χ2n) is 5.58. The highest BCUT2D eigenvalue weighted by Gasteiger charge is 2.50. The van der Waals surface area contributed by atoms with Gasteiger partial charge in [0.1, 0.15) is 5.82 Å². The largest absolute Gasteiger partial charge is 0.481 e. The number of aliphatic carboxylic acids is 1. The maximum Gasteiger partial charge on any atom is 0.311 e. The minimum atomic E-state index is -0.863. The van der Waals surface area contributed by atoms with Crippen molar-refractivity contribution in [3.63, 3.8) is 0 Å². The molecule has 7 nitrogen and oxygen atoms in total. The number of hydrogen-bond donors (Lipinski definition) is 3. The van der Waals surface area contributed by atoms with Crippen molar-refractivity contribution >= 4 is 11.9 Å². The van der Waals surface area contributed by atoms with Crippen LogP contribution in [0.25, 0.3) is 0 Å². The van der Waals surface area contributed by atoms with E-state index in [1.54, 1.807) is 13.8 Å². The van der Waals surface area contributed by atoms with Crippen molar-refractivity contribution in [1.29, 1.82) is 0 Å². The molecule has 7 heteroatoms. The second kappa shape index (κ2) is 5.67. The van der Waals surface area contributed by atoms with E-state index < -0.39 is 11.4 Å². The molecule has 1 aliphatic carbocycles. The monoisotopic (exact) mass is 293 g/mol. The number of aryl methyl sites for hydroxylation is 2. The van der Waals surface area contributed by atoms with Gasteiger partial charge >= 0.3 is 5.97 Å². The van der Waals surface area contributed by atoms with Crippen LogP contribution in [0, 0.1) is 19.3 Å². The van der Waals surface area contributed by atoms with Crippen LogP contribution >= 0.6 is 0 Å². The lowest BCUT2D eigenvalue weighted by Crippen LogP contribution is -2.34. The van der Waals surface area contributed by atoms with Gasteiger partial charge in [-0.05, 0) is 33.1 Å². The Balaban J connectivity index is 1.88. The van der Waals surface area contributed by atoms with E-state index in [2.05, 4.69) is 15.3 Å². The quantitative estimate of drug-likeness (QED) is 0.698. The maximum absolute atomic E-state index is 11.8. The van der Waals surface area contributed by atoms with Gasteiger partial charge in [0, 0.05) is 24.2 Å². The number of aromatic amines is 1. The average Bonchev–Trinajstić information content (AvgIpc) is 3.16. The van der Waals surface area contributed by atoms with E-state index in [-0.39, 0.29) is 24.4 Å². The molecule has 1 aromatic heterocycles. The summed E-state index contributed by atoms with van der Waals surface area (Å²) in [5.41, 5.74) is 0.120. The molecule has 21 heavy (non-hydrogen) atoms. The molecule has 0 saturated heterocycles. The molecule has 2 rings (SSSR count). The Morgan fingerprint density at radius 1 is 1.38 bits per heavy atom. The van der Waals surface area contributed by atoms with Crippen molar-refractivity contribution < 1.29 is 14.7 Å². The molecule has 0 bridgehead atoms. The normalized spacial score (nSPS) is 15.5. The zero-order valence-electron chi connectivity index (χ0n) is 12.2. The third-order valence-electron chi connectivity index (χ3n) is 3.87. The molecule has 0 atom stereocenters. The predicted molar refractivity (Wildman–Crippen MR) is 75.0 cm³/mol. The molecule has 3 N–H and O–H groups in total. The van der Waals surface area contributed by atoms with Gasteiger partial charge < -0.3 is 15.4 Å². The van der Waals surface area contributed by atoms with E-state index in [0.29, 0.717) is 36.3 Å². The molecule has 1 aromatic rings. The fourth-order valence-corrected chi connectivity index (χ4v) is 2.26. The van der Waals surface area contributed by atoms with Crippen molar-refractivity contribution in [2.24, 2.45) is 5.41 Å². The molecule has 1 aliphatic rings. The summed E-state index contributed by atoms with van der Waals surface area (Å²) in [7, 11) is 0. The van der Waals surface area contributed by atoms with Gasteiger partial charge in [0.05, 0.1) is 5.41 Å². The number of carboxylic acids is 1. The first-order chi connectivity index (χ1) is 9.84. The van der Waals surface area contributed by atoms with Gasteiger partial charge in [-0.1, -0.05) is 0 Å². The van der Waals surface area contributed by atoms with Crippen LogP contribution in [0.4, 0.5) is 0 Å². The van der Waals surface area contributed by atoms with Crippen molar-refractivity contribution in [2.45, 2.75) is 39.5 Å². The number of nitrogens with one attached hydrogen (secondary N) is 2. The standard InChI is InChI=1S/C14H19N3O4/c1-8-10(12(19)17-9(2)16-8)3-4-11(18)15-7-14(5-6-14)13(20)21/h3-7H2,1-2H3,(H,15,18)(H,20,21)(H,16,17,19). The molecule has 1 heterocycles. The molecule has 0 aliphatic heterocycles. The van der Waals surface area contributed by atoms with E-state index in [4.69, 9.17) is 5.11 Å². The first-order valence-electron chi connectivity index (χ1n) is 6.90. The maximum atomic E-state index is 11.8. The fourth-order valence-electron chi connectivity index (χ4n) is 2.26. The molecule has 1 fully saturated rings. The SMILES string of the molecule is Cc1nc(C)c(CCC(=O)NCC2(C(=O)O)CC2)c(=O)[nH]1. The van der Waals surface area contributed by atoms with Gasteiger partial charge in [0.2, 0.25) is 5.91 Å². The smallest absolute Gasteiger partial charge is 0.311 e. The summed E-state index contributed by atoms with van der Waals surface area (Å²) in [6.45, 7) is 3.59. The van der Waals surface area contributed by atoms with Crippen molar-refractivity contribution in [1.82, 2.24) is 15.3 Å². The molecule has 0 unspecified atom stereocenters. The Labute approximate surface area is 121 Å². The number of nitrogens with zero attached hydrogens (tertiary/aromatic N) is 1. The number of hydrogen-bond acceptors (Lipinski definition) is 4. The number of amides is 1. The molecule has 0 radical (unpaired) electrons. The first kappa shape index (κ1) is 15.2. The van der Waals surface area contributed by atoms with E-state index in [9.17, 15) is 14.4 Å². The molecule has 1 amide bonds. The van der Waals surface area contributed by atoms with Crippen LogP contribution < -0.4 is 10.9 Å². The van der Waals surface area contributed by atoms with E-state index in [1.165, 1.54) is 0 Å². The van der Waals surface area contributed by atoms with Gasteiger partial charge in [0.15, 0.2) is 0 Å². The summed E-state index contributed by atoms with van der Waals surface area (Å²) in [6, 6.07) is 0. The van der Waals surface area contributed by atoms with E-state index in [1.807, 2.05) is 0 Å². The average molecular weight is 293 g/mol. The Hall–Kier alpha value is -2.18. The number of rotatable bonds is 6. The van der Waals surface area contributed by atoms with Crippen molar-refractivity contribution in [2.75, 3.05) is 6.54 Å². The van der Waals surface area contributed by atoms with Gasteiger partial charge in [-0.2, -0.15) is 0 Å². The molecular formula is C14H19N3O4. The first-order valence-corrected chi connectivity index (χ1v) is 6.90. The lowest BCUT2D eigenvalue weighted by molar-refractivity contribution is -0.143. The van der Waals surface area contributed by atoms with Crippen LogP contribution in [0.15, 0.2) is 4.79 Å². The van der Waals surface area contributed by atoms with Crippen LogP contribution in [0.2, 0.25) is 0 Å². The summed E-state index contributed by atoms with van der Waals surface area (Å²) in [4.78, 5) is 41.3. The third-order valence-corrected chi connectivity index (χ3v) is 3.87. The van der Waals surface area contributed by atoms with Crippen LogP contribution in [0.3, 0.4) is 0 Å². The highest BCUT2D eigenvalue weighted by molar-refractivity contribution is 5.81. The van der Waals surface area contributed by atoms with E-state index >= 15 is 0 Å². The topological polar surface area (TPSA) is 112 Å². The Kier molecular flexibility index (Phi) is 4.11. The number of carbonyl (C=O) groups is 2. The zero-order chi connectivity index (χ0) is 15.6. The predicted octanol–water partition coefficient (Wildman–Crippen LogP) is 0.300. The molecule has 114 valence electrons. The summed E-state index contributed by atoms with van der Waals surface area (Å²) in [5, 5.41) is 11.7. The van der Waals surface area contributed by atoms with Gasteiger partial charge in [-0.3, -0.25) is 14.4 Å². The van der Waals surface area contributed by atoms with Crippen LogP contribution in [0.1, 0.15) is 36.3 Å². The molecule has 0 spiro atoms. The molecule has 0 aromatic carbocycles. The van der Waals surface area contributed by atoms with Gasteiger partial charge in [-0.15, -0.1) is 0 Å². The van der Waals surface area contributed by atoms with Crippen LogP contribution in [-0.4, -0.2) is 33.5 Å². The third kappa shape index (κ3) is 3.48. The minimum Gasteiger partial charge on any atom is -0.481 e. The summed E-state index contributed by atoms with van der Waals surface area (Å²) < 4.78 is 0. The number of carbonyl (C=O) groups excluding carboxylic acids is 1.